The van der Waals surface area contributed by atoms with Crippen LogP contribution in [0.1, 0.15) is 40.4 Å². The Morgan fingerprint density at radius 2 is 2.22 bits per heavy atom. The summed E-state index contributed by atoms with van der Waals surface area (Å²) in [6.07, 6.45) is -2.81. The number of rotatable bonds is 4. The zero-order valence-corrected chi connectivity index (χ0v) is 11.1. The molecule has 0 atom stereocenters. The number of esters is 1. The van der Waals surface area contributed by atoms with Crippen molar-refractivity contribution in [1.29, 1.82) is 5.26 Å². The molecule has 0 heterocycles. The molecule has 0 bridgehead atoms. The van der Waals surface area contributed by atoms with Crippen LogP contribution in [-0.4, -0.2) is 12.6 Å². The lowest BCUT2D eigenvalue weighted by Gasteiger charge is -2.10. The Balaban J connectivity index is 3.37. The quantitative estimate of drug-likeness (QED) is 0.630. The summed E-state index contributed by atoms with van der Waals surface area (Å²) in [5.74, 6) is -0.668. The Morgan fingerprint density at radius 1 is 1.56 bits per heavy atom. The molecular weight excluding hydrogens is 308 g/mol. The van der Waals surface area contributed by atoms with Crippen molar-refractivity contribution in [3.63, 3.8) is 0 Å². The van der Waals surface area contributed by atoms with Crippen molar-refractivity contribution in [2.75, 3.05) is 6.61 Å². The van der Waals surface area contributed by atoms with E-state index in [2.05, 4.69) is 15.9 Å². The van der Waals surface area contributed by atoms with E-state index in [1.807, 2.05) is 0 Å². The van der Waals surface area contributed by atoms with E-state index in [1.165, 1.54) is 6.07 Å². The van der Waals surface area contributed by atoms with Crippen LogP contribution in [0.3, 0.4) is 0 Å². The number of nitrogens with zero attached hydrogens (tertiary/aromatic N) is 1. The van der Waals surface area contributed by atoms with Gasteiger partial charge in [0.1, 0.15) is 0 Å². The summed E-state index contributed by atoms with van der Waals surface area (Å²) in [4.78, 5) is 11.6. The second-order valence-electron chi connectivity index (χ2n) is 3.36. The average molecular weight is 318 g/mol. The number of halogens is 3. The lowest BCUT2D eigenvalue weighted by atomic mass is 10.00. The smallest absolute Gasteiger partial charge is 0.338 e. The molecule has 0 aromatic heterocycles. The van der Waals surface area contributed by atoms with Crippen molar-refractivity contribution < 1.29 is 18.3 Å². The van der Waals surface area contributed by atoms with Gasteiger partial charge in [-0.1, -0.05) is 15.9 Å². The molecule has 0 saturated carbocycles. The third-order valence-electron chi connectivity index (χ3n) is 2.27. The maximum absolute atomic E-state index is 12.8. The fourth-order valence-electron chi connectivity index (χ4n) is 1.45. The highest BCUT2D eigenvalue weighted by Crippen LogP contribution is 2.27. The number of hydrogen-bond acceptors (Lipinski definition) is 3. The topological polar surface area (TPSA) is 50.1 Å². The summed E-state index contributed by atoms with van der Waals surface area (Å²) in [7, 11) is 0. The largest absolute Gasteiger partial charge is 0.462 e. The predicted octanol–water partition coefficient (Wildman–Crippen LogP) is 3.57. The van der Waals surface area contributed by atoms with Crippen molar-refractivity contribution >= 4 is 21.9 Å². The molecule has 0 radical (unpaired) electrons. The Kier molecular flexibility index (Phi) is 5.23. The molecule has 0 fully saturated rings. The van der Waals surface area contributed by atoms with E-state index >= 15 is 0 Å². The zero-order valence-electron chi connectivity index (χ0n) is 9.54. The van der Waals surface area contributed by atoms with Gasteiger partial charge in [0.25, 0.3) is 6.43 Å². The molecule has 0 saturated heterocycles. The minimum Gasteiger partial charge on any atom is -0.462 e. The van der Waals surface area contributed by atoms with E-state index in [0.29, 0.717) is 5.56 Å². The molecule has 0 aliphatic heterocycles. The molecule has 0 aliphatic rings. The van der Waals surface area contributed by atoms with E-state index in [1.54, 1.807) is 13.0 Å². The first kappa shape index (κ1) is 14.6. The fourth-order valence-corrected chi connectivity index (χ4v) is 1.91. The molecule has 1 rings (SSSR count). The number of carbonyl (C=O) groups excluding carboxylic acids is 1. The van der Waals surface area contributed by atoms with Crippen LogP contribution in [0.4, 0.5) is 8.78 Å². The lowest BCUT2D eigenvalue weighted by Crippen LogP contribution is -2.09. The van der Waals surface area contributed by atoms with Crippen LogP contribution in [0.5, 0.6) is 0 Å². The van der Waals surface area contributed by atoms with Gasteiger partial charge in [0, 0.05) is 10.9 Å². The average Bonchev–Trinajstić information content (AvgIpc) is 2.37. The maximum atomic E-state index is 12.8. The molecule has 0 amide bonds. The van der Waals surface area contributed by atoms with E-state index in [4.69, 9.17) is 10.00 Å². The second kappa shape index (κ2) is 6.45. The molecule has 0 spiro atoms. The SMILES string of the molecule is CCOC(=O)c1cc(C(F)F)c(C#N)cc1CBr. The minimum absolute atomic E-state index is 0.0584. The molecule has 6 heteroatoms. The van der Waals surface area contributed by atoms with Crippen molar-refractivity contribution in [2.24, 2.45) is 0 Å². The van der Waals surface area contributed by atoms with Gasteiger partial charge in [-0.15, -0.1) is 0 Å². The monoisotopic (exact) mass is 317 g/mol. The Labute approximate surface area is 111 Å². The number of alkyl halides is 3. The third kappa shape index (κ3) is 3.05. The van der Waals surface area contributed by atoms with E-state index in [0.717, 1.165) is 6.07 Å². The molecule has 18 heavy (non-hydrogen) atoms. The lowest BCUT2D eigenvalue weighted by molar-refractivity contribution is 0.0525. The highest BCUT2D eigenvalue weighted by Gasteiger charge is 2.20. The molecule has 1 aromatic carbocycles. The van der Waals surface area contributed by atoms with Crippen LogP contribution in [0.15, 0.2) is 12.1 Å². The van der Waals surface area contributed by atoms with Crippen LogP contribution in [0, 0.1) is 11.3 Å². The van der Waals surface area contributed by atoms with E-state index < -0.39 is 18.0 Å². The summed E-state index contributed by atoms with van der Waals surface area (Å²) >= 11 is 3.15. The number of nitriles is 1. The number of benzene rings is 1. The highest BCUT2D eigenvalue weighted by atomic mass is 79.9. The van der Waals surface area contributed by atoms with Gasteiger partial charge in [-0.3, -0.25) is 0 Å². The van der Waals surface area contributed by atoms with Gasteiger partial charge in [0.15, 0.2) is 0 Å². The molecular formula is C12H10BrF2NO2. The van der Waals surface area contributed by atoms with Gasteiger partial charge in [0.05, 0.1) is 23.8 Å². The first-order chi connectivity index (χ1) is 8.54. The van der Waals surface area contributed by atoms with Gasteiger partial charge in [-0.2, -0.15) is 5.26 Å². The number of hydrogen-bond donors (Lipinski definition) is 0. The predicted molar refractivity (Wildman–Crippen MR) is 64.7 cm³/mol. The van der Waals surface area contributed by atoms with Crippen molar-refractivity contribution in [1.82, 2.24) is 0 Å². The van der Waals surface area contributed by atoms with Gasteiger partial charge >= 0.3 is 5.97 Å². The fraction of sp³-hybridized carbons (Fsp3) is 0.333. The number of carbonyl (C=O) groups is 1. The van der Waals surface area contributed by atoms with E-state index in [9.17, 15) is 13.6 Å². The molecule has 3 nitrogen and oxygen atoms in total. The summed E-state index contributed by atoms with van der Waals surface area (Å²) in [5.41, 5.74) is -0.0739. The first-order valence-corrected chi connectivity index (χ1v) is 6.25. The van der Waals surface area contributed by atoms with Gasteiger partial charge in [-0.25, -0.2) is 13.6 Å². The summed E-state index contributed by atoms with van der Waals surface area (Å²) in [6, 6.07) is 4.00. The highest BCUT2D eigenvalue weighted by molar-refractivity contribution is 9.08. The Morgan fingerprint density at radius 3 is 2.67 bits per heavy atom. The molecule has 96 valence electrons. The Hall–Kier alpha value is -1.48. The first-order valence-electron chi connectivity index (χ1n) is 5.13. The molecule has 0 N–H and O–H groups in total. The normalized spacial score (nSPS) is 10.2. The van der Waals surface area contributed by atoms with Crippen LogP contribution >= 0.6 is 15.9 Å². The standard InChI is InChI=1S/C12H10BrF2NO2/c1-2-18-12(17)10-4-9(11(14)15)8(6-16)3-7(10)5-13/h3-4,11H,2,5H2,1H3. The minimum atomic E-state index is -2.81. The molecule has 0 unspecified atom stereocenters. The van der Waals surface area contributed by atoms with E-state index in [-0.39, 0.29) is 23.1 Å². The van der Waals surface area contributed by atoms with Gasteiger partial charge in [0.2, 0.25) is 0 Å². The summed E-state index contributed by atoms with van der Waals surface area (Å²) in [5, 5.41) is 9.08. The van der Waals surface area contributed by atoms with Crippen molar-refractivity contribution in [3.8, 4) is 6.07 Å². The van der Waals surface area contributed by atoms with Gasteiger partial charge in [-0.05, 0) is 24.6 Å². The van der Waals surface area contributed by atoms with Crippen molar-refractivity contribution in [2.45, 2.75) is 18.7 Å². The van der Waals surface area contributed by atoms with Gasteiger partial charge < -0.3 is 4.74 Å². The summed E-state index contributed by atoms with van der Waals surface area (Å²) < 4.78 is 30.3. The maximum Gasteiger partial charge on any atom is 0.338 e. The molecule has 0 aliphatic carbocycles. The number of ether oxygens (including phenoxy) is 1. The summed E-state index contributed by atoms with van der Waals surface area (Å²) in [6.45, 7) is 1.79. The van der Waals surface area contributed by atoms with Crippen molar-refractivity contribution in [3.05, 3.63) is 34.4 Å². The second-order valence-corrected chi connectivity index (χ2v) is 3.92. The van der Waals surface area contributed by atoms with Crippen LogP contribution in [0.25, 0.3) is 0 Å². The van der Waals surface area contributed by atoms with Crippen LogP contribution in [-0.2, 0) is 10.1 Å². The zero-order chi connectivity index (χ0) is 13.7. The Bertz CT molecular complexity index is 498. The molecule has 1 aromatic rings. The van der Waals surface area contributed by atoms with Crippen LogP contribution in [0.2, 0.25) is 0 Å². The third-order valence-corrected chi connectivity index (χ3v) is 2.87. The van der Waals surface area contributed by atoms with Crippen LogP contribution < -0.4 is 0 Å².